The van der Waals surface area contributed by atoms with E-state index in [9.17, 15) is 0 Å². The fourth-order valence-electron chi connectivity index (χ4n) is 1.82. The lowest BCUT2D eigenvalue weighted by molar-refractivity contribution is 0.288. The summed E-state index contributed by atoms with van der Waals surface area (Å²) in [6.45, 7) is 6.90. The van der Waals surface area contributed by atoms with Crippen molar-refractivity contribution in [3.05, 3.63) is 35.2 Å². The van der Waals surface area contributed by atoms with E-state index < -0.39 is 0 Å². The summed E-state index contributed by atoms with van der Waals surface area (Å²) in [5.74, 6) is 2.09. The van der Waals surface area contributed by atoms with Gasteiger partial charge in [0.15, 0.2) is 11.5 Å². The molecule has 21 heavy (non-hydrogen) atoms. The fraction of sp³-hybridized carbons (Fsp3) is 0.333. The number of nitrogens with zero attached hydrogens (tertiary/aromatic N) is 2. The Hall–Kier alpha value is -2.01. The fourth-order valence-corrected chi connectivity index (χ4v) is 1.95. The van der Waals surface area contributed by atoms with Gasteiger partial charge < -0.3 is 14.8 Å². The molecule has 0 saturated heterocycles. The molecule has 1 N–H and O–H groups in total. The molecule has 0 unspecified atom stereocenters. The Morgan fingerprint density at radius 3 is 2.52 bits per heavy atom. The number of halogens is 1. The minimum atomic E-state index is 0.434. The first-order valence-corrected chi connectivity index (χ1v) is 7.17. The zero-order valence-electron chi connectivity index (χ0n) is 12.3. The van der Waals surface area contributed by atoms with Gasteiger partial charge in [-0.2, -0.15) is 0 Å². The van der Waals surface area contributed by atoms with Crippen LogP contribution in [0.1, 0.15) is 19.4 Å². The number of aromatic nitrogens is 2. The van der Waals surface area contributed by atoms with Crippen molar-refractivity contribution in [1.29, 1.82) is 0 Å². The number of hydrogen-bond donors (Lipinski definition) is 1. The maximum Gasteiger partial charge on any atom is 0.163 e. The zero-order valence-corrected chi connectivity index (χ0v) is 13.1. The zero-order chi connectivity index (χ0) is 15.2. The molecule has 0 amide bonds. The van der Waals surface area contributed by atoms with Crippen LogP contribution in [0.5, 0.6) is 11.5 Å². The van der Waals surface area contributed by atoms with E-state index in [0.717, 1.165) is 17.0 Å². The van der Waals surface area contributed by atoms with Crippen LogP contribution in [-0.2, 0) is 0 Å². The number of anilines is 2. The largest absolute Gasteiger partial charge is 0.490 e. The quantitative estimate of drug-likeness (QED) is 0.818. The topological polar surface area (TPSA) is 56.3 Å². The molecule has 0 bridgehead atoms. The van der Waals surface area contributed by atoms with Crippen molar-refractivity contribution in [2.24, 2.45) is 0 Å². The molecule has 0 fully saturated rings. The summed E-state index contributed by atoms with van der Waals surface area (Å²) >= 11 is 5.99. The highest BCUT2D eigenvalue weighted by molar-refractivity contribution is 6.30. The van der Waals surface area contributed by atoms with Gasteiger partial charge >= 0.3 is 0 Å². The molecule has 0 spiro atoms. The maximum absolute atomic E-state index is 5.99. The van der Waals surface area contributed by atoms with Gasteiger partial charge in [-0.1, -0.05) is 11.6 Å². The summed E-state index contributed by atoms with van der Waals surface area (Å²) in [6.07, 6.45) is 1.43. The Bertz CT molecular complexity index is 620. The maximum atomic E-state index is 5.99. The molecule has 0 aliphatic rings. The van der Waals surface area contributed by atoms with Crippen LogP contribution >= 0.6 is 11.6 Å². The lowest BCUT2D eigenvalue weighted by Crippen LogP contribution is -2.01. The first kappa shape index (κ1) is 15.4. The second-order valence-electron chi connectivity index (χ2n) is 4.29. The SMILES string of the molecule is CCOc1ccc(Nc2ncnc(Cl)c2C)cc1OCC. The average molecular weight is 308 g/mol. The molecule has 2 aromatic rings. The minimum absolute atomic E-state index is 0.434. The molecule has 1 heterocycles. The average Bonchev–Trinajstić information content (AvgIpc) is 2.47. The molecule has 5 nitrogen and oxygen atoms in total. The molecule has 0 saturated carbocycles. The summed E-state index contributed by atoms with van der Waals surface area (Å²) in [4.78, 5) is 8.13. The van der Waals surface area contributed by atoms with Crippen LogP contribution in [0, 0.1) is 6.92 Å². The van der Waals surface area contributed by atoms with E-state index in [4.69, 9.17) is 21.1 Å². The lowest BCUT2D eigenvalue weighted by Gasteiger charge is -2.14. The highest BCUT2D eigenvalue weighted by Crippen LogP contribution is 2.32. The van der Waals surface area contributed by atoms with Crippen molar-refractivity contribution in [2.45, 2.75) is 20.8 Å². The molecule has 0 radical (unpaired) electrons. The molecule has 6 heteroatoms. The highest BCUT2D eigenvalue weighted by atomic mass is 35.5. The summed E-state index contributed by atoms with van der Waals surface area (Å²) in [5, 5.41) is 3.64. The van der Waals surface area contributed by atoms with Crippen molar-refractivity contribution in [3.8, 4) is 11.5 Å². The number of rotatable bonds is 6. The third-order valence-electron chi connectivity index (χ3n) is 2.83. The Labute approximate surface area is 129 Å². The Balaban J connectivity index is 2.28. The van der Waals surface area contributed by atoms with Crippen molar-refractivity contribution in [2.75, 3.05) is 18.5 Å². The second kappa shape index (κ2) is 7.13. The number of ether oxygens (including phenoxy) is 2. The van der Waals surface area contributed by atoms with Crippen molar-refractivity contribution in [1.82, 2.24) is 9.97 Å². The van der Waals surface area contributed by atoms with Crippen LogP contribution in [0.3, 0.4) is 0 Å². The third-order valence-corrected chi connectivity index (χ3v) is 3.21. The van der Waals surface area contributed by atoms with Crippen LogP contribution < -0.4 is 14.8 Å². The number of nitrogens with one attached hydrogen (secondary N) is 1. The molecular weight excluding hydrogens is 290 g/mol. The smallest absolute Gasteiger partial charge is 0.163 e. The molecular formula is C15H18ClN3O2. The molecule has 0 aliphatic heterocycles. The molecule has 1 aromatic carbocycles. The second-order valence-corrected chi connectivity index (χ2v) is 4.65. The van der Waals surface area contributed by atoms with Gasteiger partial charge in [-0.25, -0.2) is 9.97 Å². The van der Waals surface area contributed by atoms with E-state index >= 15 is 0 Å². The minimum Gasteiger partial charge on any atom is -0.490 e. The van der Waals surface area contributed by atoms with Gasteiger partial charge in [0.05, 0.1) is 13.2 Å². The Morgan fingerprint density at radius 1 is 1.10 bits per heavy atom. The predicted molar refractivity (Wildman–Crippen MR) is 83.8 cm³/mol. The Morgan fingerprint density at radius 2 is 1.81 bits per heavy atom. The van der Waals surface area contributed by atoms with Gasteiger partial charge in [0, 0.05) is 17.3 Å². The molecule has 0 aliphatic carbocycles. The molecule has 1 aromatic heterocycles. The summed E-state index contributed by atoms with van der Waals surface area (Å²) in [7, 11) is 0. The van der Waals surface area contributed by atoms with E-state index in [1.165, 1.54) is 6.33 Å². The van der Waals surface area contributed by atoms with Gasteiger partial charge in [0.1, 0.15) is 17.3 Å². The lowest BCUT2D eigenvalue weighted by atomic mass is 10.2. The van der Waals surface area contributed by atoms with E-state index in [0.29, 0.717) is 29.9 Å². The van der Waals surface area contributed by atoms with E-state index in [1.54, 1.807) is 0 Å². The molecule has 2 rings (SSSR count). The number of benzene rings is 1. The van der Waals surface area contributed by atoms with Crippen LogP contribution in [0.2, 0.25) is 5.15 Å². The first-order chi connectivity index (χ1) is 10.2. The van der Waals surface area contributed by atoms with Crippen LogP contribution in [0.15, 0.2) is 24.5 Å². The van der Waals surface area contributed by atoms with Gasteiger partial charge in [-0.3, -0.25) is 0 Å². The summed E-state index contributed by atoms with van der Waals surface area (Å²) in [5.41, 5.74) is 1.64. The van der Waals surface area contributed by atoms with E-state index in [1.807, 2.05) is 39.0 Å². The normalized spacial score (nSPS) is 10.3. The van der Waals surface area contributed by atoms with E-state index in [2.05, 4.69) is 15.3 Å². The van der Waals surface area contributed by atoms with Crippen LogP contribution in [0.25, 0.3) is 0 Å². The van der Waals surface area contributed by atoms with Crippen LogP contribution in [-0.4, -0.2) is 23.2 Å². The van der Waals surface area contributed by atoms with Crippen molar-refractivity contribution < 1.29 is 9.47 Å². The Kier molecular flexibility index (Phi) is 5.22. The molecule has 0 atom stereocenters. The standard InChI is InChI=1S/C15H18ClN3O2/c1-4-20-12-7-6-11(8-13(12)21-5-2)19-15-10(3)14(16)17-9-18-15/h6-9H,4-5H2,1-3H3,(H,17,18,19). The van der Waals surface area contributed by atoms with E-state index in [-0.39, 0.29) is 0 Å². The predicted octanol–water partition coefficient (Wildman–Crippen LogP) is 3.98. The number of hydrogen-bond acceptors (Lipinski definition) is 5. The summed E-state index contributed by atoms with van der Waals surface area (Å²) < 4.78 is 11.1. The van der Waals surface area contributed by atoms with Gasteiger partial charge in [0.25, 0.3) is 0 Å². The van der Waals surface area contributed by atoms with Gasteiger partial charge in [-0.05, 0) is 32.9 Å². The van der Waals surface area contributed by atoms with Crippen molar-refractivity contribution in [3.63, 3.8) is 0 Å². The summed E-state index contributed by atoms with van der Waals surface area (Å²) in [6, 6.07) is 5.65. The van der Waals surface area contributed by atoms with Crippen molar-refractivity contribution >= 4 is 23.1 Å². The molecule has 112 valence electrons. The third kappa shape index (κ3) is 3.76. The first-order valence-electron chi connectivity index (χ1n) is 6.79. The monoisotopic (exact) mass is 307 g/mol. The van der Waals surface area contributed by atoms with Gasteiger partial charge in [-0.15, -0.1) is 0 Å². The van der Waals surface area contributed by atoms with Crippen LogP contribution in [0.4, 0.5) is 11.5 Å². The van der Waals surface area contributed by atoms with Gasteiger partial charge in [0.2, 0.25) is 0 Å². The highest BCUT2D eigenvalue weighted by Gasteiger charge is 2.09.